The predicted octanol–water partition coefficient (Wildman–Crippen LogP) is 7.15. The third-order valence-electron chi connectivity index (χ3n) is 8.48. The van der Waals surface area contributed by atoms with Crippen LogP contribution >= 0.6 is 11.6 Å². The number of ether oxygens (including phenoxy) is 3. The molecule has 2 aliphatic heterocycles. The Balaban J connectivity index is 1.22. The van der Waals surface area contributed by atoms with Crippen molar-refractivity contribution in [2.24, 2.45) is 0 Å². The lowest BCUT2D eigenvalue weighted by Crippen LogP contribution is -2.44. The summed E-state index contributed by atoms with van der Waals surface area (Å²) >= 11 is 6.24. The first-order valence-corrected chi connectivity index (χ1v) is 18.0. The summed E-state index contributed by atoms with van der Waals surface area (Å²) in [5, 5.41) is 3.35. The fourth-order valence-corrected chi connectivity index (χ4v) is 7.71. The molecule has 1 atom stereocenters. The molecule has 0 unspecified atom stereocenters. The first-order valence-electron chi connectivity index (χ1n) is 16.2. The molecule has 51 heavy (non-hydrogen) atoms. The highest BCUT2D eigenvalue weighted by Crippen LogP contribution is 2.43. The first-order chi connectivity index (χ1) is 24.0. The van der Waals surface area contributed by atoms with E-state index in [1.807, 2.05) is 20.8 Å². The molecule has 0 radical (unpaired) electrons. The molecule has 0 aliphatic carbocycles. The molecular weight excluding hydrogens is 708 g/mol. The number of aromatic nitrogens is 2. The summed E-state index contributed by atoms with van der Waals surface area (Å²) in [6.45, 7) is 9.01. The zero-order chi connectivity index (χ0) is 36.8. The molecule has 4 aromatic rings. The lowest BCUT2D eigenvalue weighted by atomic mass is 9.97. The highest BCUT2D eigenvalue weighted by Gasteiger charge is 2.34. The number of carbonyl (C=O) groups is 2. The van der Waals surface area contributed by atoms with Crippen LogP contribution < -0.4 is 14.8 Å². The molecule has 12 nitrogen and oxygen atoms in total. The number of amides is 1. The zero-order valence-electron chi connectivity index (χ0n) is 28.5. The van der Waals surface area contributed by atoms with Gasteiger partial charge in [0.1, 0.15) is 34.5 Å². The van der Waals surface area contributed by atoms with Gasteiger partial charge in [-0.05, 0) is 82.5 Å². The van der Waals surface area contributed by atoms with E-state index in [1.54, 1.807) is 4.90 Å². The summed E-state index contributed by atoms with van der Waals surface area (Å²) in [5.41, 5.74) is -0.189. The number of piperidine rings is 1. The number of halogens is 3. The third-order valence-corrected chi connectivity index (χ3v) is 10.1. The Morgan fingerprint density at radius 2 is 1.82 bits per heavy atom. The minimum Gasteiger partial charge on any atom is -0.487 e. The molecule has 2 N–H and O–H groups in total. The Labute approximate surface area is 298 Å². The molecule has 270 valence electrons. The van der Waals surface area contributed by atoms with Gasteiger partial charge in [0.2, 0.25) is 5.95 Å². The van der Waals surface area contributed by atoms with E-state index in [2.05, 4.69) is 20.0 Å². The highest BCUT2D eigenvalue weighted by atomic mass is 35.5. The molecule has 1 fully saturated rings. The van der Waals surface area contributed by atoms with Crippen molar-refractivity contribution >= 4 is 56.2 Å². The largest absolute Gasteiger partial charge is 0.487 e. The van der Waals surface area contributed by atoms with Crippen LogP contribution in [0.25, 0.3) is 22.0 Å². The van der Waals surface area contributed by atoms with Crippen LogP contribution in [0.15, 0.2) is 47.5 Å². The number of rotatable bonds is 7. The lowest BCUT2D eigenvalue weighted by molar-refractivity contribution is -0.147. The van der Waals surface area contributed by atoms with Crippen LogP contribution in [0.1, 0.15) is 57.8 Å². The van der Waals surface area contributed by atoms with Gasteiger partial charge < -0.3 is 24.4 Å². The monoisotopic (exact) mass is 743 g/mol. The van der Waals surface area contributed by atoms with Gasteiger partial charge >= 0.3 is 12.1 Å². The number of anilines is 2. The van der Waals surface area contributed by atoms with Crippen LogP contribution in [-0.2, 0) is 24.3 Å². The predicted molar refractivity (Wildman–Crippen MR) is 186 cm³/mol. The Kier molecular flexibility index (Phi) is 9.72. The average molecular weight is 744 g/mol. The number of carbonyl (C=O) groups excluding carboxylic acids is 2. The fourth-order valence-electron chi connectivity index (χ4n) is 6.10. The summed E-state index contributed by atoms with van der Waals surface area (Å²) in [7, 11) is -4.39. The van der Waals surface area contributed by atoms with E-state index in [9.17, 15) is 18.0 Å². The second-order valence-electron chi connectivity index (χ2n) is 13.4. The van der Waals surface area contributed by atoms with Crippen LogP contribution in [-0.4, -0.2) is 66.7 Å². The van der Waals surface area contributed by atoms with Crippen molar-refractivity contribution in [3.05, 3.63) is 70.4 Å². The van der Waals surface area contributed by atoms with Crippen molar-refractivity contribution in [2.45, 2.75) is 70.1 Å². The Hall–Kier alpha value is -4.76. The van der Waals surface area contributed by atoms with E-state index < -0.39 is 39.3 Å². The van der Waals surface area contributed by atoms with E-state index in [-0.39, 0.29) is 79.2 Å². The molecule has 6 rings (SSSR count). The number of fused-ring (bicyclic) bond motifs is 2. The van der Waals surface area contributed by atoms with Crippen LogP contribution in [0, 0.1) is 18.6 Å². The molecule has 1 saturated heterocycles. The molecule has 0 spiro atoms. The molecule has 1 amide bonds. The first kappa shape index (κ1) is 36.0. The van der Waals surface area contributed by atoms with Gasteiger partial charge in [-0.15, -0.1) is 0 Å². The Morgan fingerprint density at radius 3 is 2.51 bits per heavy atom. The number of likely N-dealkylation sites (tertiary alicyclic amines) is 1. The number of nitrogens with one attached hydrogen (secondary N) is 2. The molecule has 16 heteroatoms. The molecule has 0 saturated carbocycles. The molecular formula is C35H36ClF2N5O7S. The van der Waals surface area contributed by atoms with Gasteiger partial charge in [0.25, 0.3) is 10.0 Å². The number of hydrogen-bond donors (Lipinski definition) is 2. The zero-order valence-corrected chi connectivity index (χ0v) is 30.0. The summed E-state index contributed by atoms with van der Waals surface area (Å²) < 4.78 is 77.6. The van der Waals surface area contributed by atoms with Gasteiger partial charge in [0.15, 0.2) is 6.10 Å². The SMILES string of the molecule is CC(=O)O[C@H]1COc2c1cc(Cl)cc2S(=O)(=O)Nc1ccc(F)c(-c2ccc3nc(NC4CCN(C(=O)OC(C)(C)C)CC4)ncc3c2F)c1C. The summed E-state index contributed by atoms with van der Waals surface area (Å²) in [6.07, 6.45) is 1.36. The number of sulfonamides is 1. The van der Waals surface area contributed by atoms with E-state index in [0.717, 1.165) is 6.07 Å². The Bertz CT molecular complexity index is 2160. The van der Waals surface area contributed by atoms with Crippen molar-refractivity contribution in [3.63, 3.8) is 0 Å². The summed E-state index contributed by atoms with van der Waals surface area (Å²) in [4.78, 5) is 34.1. The quantitative estimate of drug-likeness (QED) is 0.187. The van der Waals surface area contributed by atoms with Crippen molar-refractivity contribution in [1.82, 2.24) is 14.9 Å². The number of hydrogen-bond acceptors (Lipinski definition) is 10. The Morgan fingerprint density at radius 1 is 1.10 bits per heavy atom. The molecule has 3 aromatic carbocycles. The van der Waals surface area contributed by atoms with Gasteiger partial charge in [0, 0.05) is 54.0 Å². The second kappa shape index (κ2) is 13.8. The van der Waals surface area contributed by atoms with Crippen LogP contribution in [0.2, 0.25) is 5.02 Å². The maximum Gasteiger partial charge on any atom is 0.410 e. The van der Waals surface area contributed by atoms with Crippen LogP contribution in [0.4, 0.5) is 25.2 Å². The van der Waals surface area contributed by atoms with Gasteiger partial charge in [-0.1, -0.05) is 11.6 Å². The molecule has 2 aliphatic rings. The normalized spacial score (nSPS) is 16.4. The van der Waals surface area contributed by atoms with E-state index >= 15 is 8.78 Å². The van der Waals surface area contributed by atoms with Gasteiger partial charge in [-0.2, -0.15) is 0 Å². The smallest absolute Gasteiger partial charge is 0.410 e. The number of esters is 1. The number of nitrogens with zero attached hydrogens (tertiary/aromatic N) is 3. The van der Waals surface area contributed by atoms with Crippen LogP contribution in [0.5, 0.6) is 5.75 Å². The van der Waals surface area contributed by atoms with Crippen molar-refractivity contribution in [3.8, 4) is 16.9 Å². The fraction of sp³-hybridized carbons (Fsp3) is 0.371. The van der Waals surface area contributed by atoms with Crippen LogP contribution in [0.3, 0.4) is 0 Å². The van der Waals surface area contributed by atoms with Crippen molar-refractivity contribution in [2.75, 3.05) is 29.7 Å². The van der Waals surface area contributed by atoms with Crippen molar-refractivity contribution in [1.29, 1.82) is 0 Å². The molecule has 0 bridgehead atoms. The topological polar surface area (TPSA) is 149 Å². The van der Waals surface area contributed by atoms with E-state index in [0.29, 0.717) is 25.9 Å². The molecule has 1 aromatic heterocycles. The summed E-state index contributed by atoms with van der Waals surface area (Å²) in [5.74, 6) is -1.89. The molecule has 3 heterocycles. The maximum absolute atomic E-state index is 16.1. The minimum absolute atomic E-state index is 0.0114. The maximum atomic E-state index is 16.1. The van der Waals surface area contributed by atoms with E-state index in [4.69, 9.17) is 25.8 Å². The van der Waals surface area contributed by atoms with Crippen molar-refractivity contribution < 1.29 is 41.0 Å². The standard InChI is InChI=1S/C35H36ClF2N5O7S/c1-18-26(42-51(46,47)29-15-20(36)14-23-28(49-19(2)44)17-48-32(23)29)9-7-25(37)30(18)22-6-8-27-24(31(22)38)16-39-33(41-27)40-21-10-12-43(13-11-21)34(45)50-35(3,4)5/h6-9,14-16,21,28,42H,10-13,17H2,1-5H3,(H,39,40,41)/t28-/m0/s1. The highest BCUT2D eigenvalue weighted by molar-refractivity contribution is 7.92. The summed E-state index contributed by atoms with van der Waals surface area (Å²) in [6, 6.07) is 7.81. The third kappa shape index (κ3) is 7.64. The van der Waals surface area contributed by atoms with E-state index in [1.165, 1.54) is 50.4 Å². The second-order valence-corrected chi connectivity index (χ2v) is 15.5. The average Bonchev–Trinajstić information content (AvgIpc) is 3.43. The van der Waals surface area contributed by atoms with Gasteiger partial charge in [0.05, 0.1) is 16.6 Å². The number of benzene rings is 3. The lowest BCUT2D eigenvalue weighted by Gasteiger charge is -2.33. The van der Waals surface area contributed by atoms with Gasteiger partial charge in [-0.3, -0.25) is 9.52 Å². The minimum atomic E-state index is -4.39. The van der Waals surface area contributed by atoms with Gasteiger partial charge in [-0.25, -0.2) is 32.0 Å².